The van der Waals surface area contributed by atoms with Gasteiger partial charge in [0, 0.05) is 58.0 Å². The molecule has 1 aromatic carbocycles. The van der Waals surface area contributed by atoms with Gasteiger partial charge in [-0.1, -0.05) is 19.1 Å². The van der Waals surface area contributed by atoms with Crippen LogP contribution < -0.4 is 10.6 Å². The zero-order chi connectivity index (χ0) is 18.4. The van der Waals surface area contributed by atoms with Gasteiger partial charge in [-0.15, -0.1) is 24.0 Å². The number of likely N-dealkylation sites (tertiary alicyclic amines) is 1. The fourth-order valence-electron chi connectivity index (χ4n) is 4.04. The lowest BCUT2D eigenvalue weighted by Crippen LogP contribution is -2.46. The number of nitrogens with two attached hydrogens (primary N) is 1. The monoisotopic (exact) mass is 485 g/mol. The van der Waals surface area contributed by atoms with E-state index in [-0.39, 0.29) is 24.0 Å². The number of nitrogens with zero attached hydrogens (tertiary/aromatic N) is 4. The molecule has 27 heavy (non-hydrogen) atoms. The van der Waals surface area contributed by atoms with Gasteiger partial charge in [0.05, 0.1) is 0 Å². The van der Waals surface area contributed by atoms with Crippen LogP contribution in [0.1, 0.15) is 31.7 Å². The first-order chi connectivity index (χ1) is 12.6. The molecule has 2 N–H and O–H groups in total. The largest absolute Gasteiger partial charge is 0.370 e. The van der Waals surface area contributed by atoms with Crippen molar-refractivity contribution in [3.8, 4) is 0 Å². The zero-order valence-electron chi connectivity index (χ0n) is 16.9. The van der Waals surface area contributed by atoms with Gasteiger partial charge in [-0.05, 0) is 49.8 Å². The number of piperidine rings is 1. The minimum Gasteiger partial charge on any atom is -0.370 e. The molecule has 2 fully saturated rings. The van der Waals surface area contributed by atoms with Gasteiger partial charge < -0.3 is 15.5 Å². The Hall–Kier alpha value is -1.02. The molecule has 2 aliphatic heterocycles. The molecule has 5 nitrogen and oxygen atoms in total. The molecular weight excluding hydrogens is 449 g/mol. The van der Waals surface area contributed by atoms with Crippen LogP contribution in [0.15, 0.2) is 29.3 Å². The van der Waals surface area contributed by atoms with Crippen LogP contribution in [0.25, 0.3) is 0 Å². The van der Waals surface area contributed by atoms with Crippen LogP contribution in [-0.2, 0) is 0 Å². The minimum atomic E-state index is 0. The van der Waals surface area contributed by atoms with E-state index in [0.717, 1.165) is 70.7 Å². The van der Waals surface area contributed by atoms with Crippen LogP contribution in [0.4, 0.5) is 5.69 Å². The van der Waals surface area contributed by atoms with Crippen molar-refractivity contribution in [3.05, 3.63) is 29.8 Å². The first-order valence-electron chi connectivity index (χ1n) is 10.2. The highest BCUT2D eigenvalue weighted by Gasteiger charge is 2.18. The Balaban J connectivity index is 0.00000261. The maximum absolute atomic E-state index is 6.18. The van der Waals surface area contributed by atoms with E-state index in [1.807, 2.05) is 0 Å². The van der Waals surface area contributed by atoms with Crippen molar-refractivity contribution in [1.29, 1.82) is 0 Å². The minimum absolute atomic E-state index is 0. The summed E-state index contributed by atoms with van der Waals surface area (Å²) in [6.07, 6.45) is 3.65. The van der Waals surface area contributed by atoms with Crippen LogP contribution >= 0.6 is 24.0 Å². The average Bonchev–Trinajstić information content (AvgIpc) is 2.65. The number of hydrogen-bond acceptors (Lipinski definition) is 3. The van der Waals surface area contributed by atoms with Gasteiger partial charge in [-0.25, -0.2) is 0 Å². The first-order valence-corrected chi connectivity index (χ1v) is 10.2. The SMILES string of the molecule is Cc1cccc(N2CCN(CCCN=C(N)N3CCCC(C)C3)CC2)c1.I. The molecule has 0 bridgehead atoms. The Morgan fingerprint density at radius 2 is 1.96 bits per heavy atom. The molecule has 2 aliphatic rings. The maximum atomic E-state index is 6.18. The van der Waals surface area contributed by atoms with Crippen molar-refractivity contribution in [1.82, 2.24) is 9.80 Å². The van der Waals surface area contributed by atoms with Gasteiger partial charge in [0.15, 0.2) is 5.96 Å². The molecule has 1 aromatic rings. The van der Waals surface area contributed by atoms with E-state index in [1.54, 1.807) is 0 Å². The smallest absolute Gasteiger partial charge is 0.191 e. The Labute approximate surface area is 182 Å². The summed E-state index contributed by atoms with van der Waals surface area (Å²) in [6.45, 7) is 13.1. The standard InChI is InChI=1S/C21H35N5.HI/c1-18-6-3-8-20(16-18)25-14-12-24(13-15-25)10-5-9-23-21(22)26-11-4-7-19(2)17-26;/h3,6,8,16,19H,4-5,7,9-15,17H2,1-2H3,(H2,22,23);1H. The van der Waals surface area contributed by atoms with Crippen LogP contribution in [0, 0.1) is 12.8 Å². The summed E-state index contributed by atoms with van der Waals surface area (Å²) >= 11 is 0. The molecule has 2 heterocycles. The third kappa shape index (κ3) is 6.82. The zero-order valence-corrected chi connectivity index (χ0v) is 19.3. The molecule has 1 atom stereocenters. The van der Waals surface area contributed by atoms with E-state index in [0.29, 0.717) is 0 Å². The van der Waals surface area contributed by atoms with Crippen molar-refractivity contribution in [2.75, 3.05) is 57.3 Å². The van der Waals surface area contributed by atoms with E-state index in [2.05, 4.69) is 57.8 Å². The van der Waals surface area contributed by atoms with Crippen LogP contribution in [0.2, 0.25) is 0 Å². The third-order valence-electron chi connectivity index (χ3n) is 5.63. The summed E-state index contributed by atoms with van der Waals surface area (Å²) in [5, 5.41) is 0. The van der Waals surface area contributed by atoms with Crippen molar-refractivity contribution >= 4 is 35.6 Å². The molecule has 0 saturated carbocycles. The quantitative estimate of drug-likeness (QED) is 0.301. The highest BCUT2D eigenvalue weighted by atomic mass is 127. The van der Waals surface area contributed by atoms with Gasteiger partial charge in [-0.3, -0.25) is 9.89 Å². The lowest BCUT2D eigenvalue weighted by molar-refractivity contribution is 0.255. The van der Waals surface area contributed by atoms with Crippen molar-refractivity contribution < 1.29 is 0 Å². The number of aliphatic imine (C=N–C) groups is 1. The van der Waals surface area contributed by atoms with Crippen LogP contribution in [-0.4, -0.2) is 68.1 Å². The second-order valence-electron chi connectivity index (χ2n) is 7.95. The van der Waals surface area contributed by atoms with E-state index >= 15 is 0 Å². The van der Waals surface area contributed by atoms with Gasteiger partial charge in [0.25, 0.3) is 0 Å². The number of rotatable bonds is 5. The number of piperazine rings is 1. The fraction of sp³-hybridized carbons (Fsp3) is 0.667. The molecule has 2 saturated heterocycles. The van der Waals surface area contributed by atoms with E-state index in [4.69, 9.17) is 5.73 Å². The number of halogens is 1. The topological polar surface area (TPSA) is 48.1 Å². The third-order valence-corrected chi connectivity index (χ3v) is 5.63. The number of guanidine groups is 1. The molecule has 3 rings (SSSR count). The first kappa shape index (κ1) is 22.3. The Morgan fingerprint density at radius 1 is 1.19 bits per heavy atom. The van der Waals surface area contributed by atoms with Gasteiger partial charge in [0.2, 0.25) is 0 Å². The highest BCUT2D eigenvalue weighted by molar-refractivity contribution is 14.0. The molecule has 0 spiro atoms. The van der Waals surface area contributed by atoms with E-state index in [9.17, 15) is 0 Å². The van der Waals surface area contributed by atoms with Crippen molar-refractivity contribution in [2.45, 2.75) is 33.1 Å². The maximum Gasteiger partial charge on any atom is 0.191 e. The second-order valence-corrected chi connectivity index (χ2v) is 7.95. The molecule has 0 aromatic heterocycles. The predicted molar refractivity (Wildman–Crippen MR) is 126 cm³/mol. The molecule has 0 amide bonds. The summed E-state index contributed by atoms with van der Waals surface area (Å²) in [4.78, 5) is 11.9. The molecular formula is C21H36IN5. The molecule has 1 unspecified atom stereocenters. The molecule has 6 heteroatoms. The lowest BCUT2D eigenvalue weighted by atomic mass is 10.0. The summed E-state index contributed by atoms with van der Waals surface area (Å²) in [7, 11) is 0. The summed E-state index contributed by atoms with van der Waals surface area (Å²) < 4.78 is 0. The lowest BCUT2D eigenvalue weighted by Gasteiger charge is -2.36. The normalized spacial score (nSPS) is 21.9. The fourth-order valence-corrected chi connectivity index (χ4v) is 4.04. The Bertz CT molecular complexity index is 598. The number of benzene rings is 1. The van der Waals surface area contributed by atoms with Crippen molar-refractivity contribution in [2.24, 2.45) is 16.6 Å². The van der Waals surface area contributed by atoms with Gasteiger partial charge in [0.1, 0.15) is 0 Å². The van der Waals surface area contributed by atoms with Crippen LogP contribution in [0.5, 0.6) is 0 Å². The highest BCUT2D eigenvalue weighted by Crippen LogP contribution is 2.18. The average molecular weight is 485 g/mol. The molecule has 0 aliphatic carbocycles. The van der Waals surface area contributed by atoms with E-state index in [1.165, 1.54) is 24.1 Å². The summed E-state index contributed by atoms with van der Waals surface area (Å²) in [6, 6.07) is 8.83. The van der Waals surface area contributed by atoms with Gasteiger partial charge in [-0.2, -0.15) is 0 Å². The molecule has 152 valence electrons. The predicted octanol–water partition coefficient (Wildman–Crippen LogP) is 3.17. The Kier molecular flexibility index (Phi) is 9.15. The summed E-state index contributed by atoms with van der Waals surface area (Å²) in [5.74, 6) is 1.49. The second kappa shape index (κ2) is 11.1. The Morgan fingerprint density at radius 3 is 2.67 bits per heavy atom. The molecule has 0 radical (unpaired) electrons. The number of aryl methyl sites for hydroxylation is 1. The number of anilines is 1. The number of hydrogen-bond donors (Lipinski definition) is 1. The summed E-state index contributed by atoms with van der Waals surface area (Å²) in [5.41, 5.74) is 8.88. The van der Waals surface area contributed by atoms with Gasteiger partial charge >= 0.3 is 0 Å². The van der Waals surface area contributed by atoms with E-state index < -0.39 is 0 Å². The van der Waals surface area contributed by atoms with Crippen molar-refractivity contribution in [3.63, 3.8) is 0 Å². The van der Waals surface area contributed by atoms with Crippen LogP contribution in [0.3, 0.4) is 0 Å².